The van der Waals surface area contributed by atoms with Gasteiger partial charge in [0.15, 0.2) is 11.8 Å². The number of fused-ring (bicyclic) bond motifs is 4. The molecule has 9 nitrogen and oxygen atoms in total. The zero-order chi connectivity index (χ0) is 44.6. The Hall–Kier alpha value is -2.79. The highest BCUT2D eigenvalue weighted by Gasteiger charge is 2.73. The molecule has 3 saturated carbocycles. The average Bonchev–Trinajstić information content (AvgIpc) is 3.47. The van der Waals surface area contributed by atoms with Gasteiger partial charge in [-0.25, -0.2) is 0 Å². The minimum absolute atomic E-state index is 0.0532. The van der Waals surface area contributed by atoms with Crippen molar-refractivity contribution in [3.05, 3.63) is 69.6 Å². The monoisotopic (exact) mass is 863 g/mol. The lowest BCUT2D eigenvalue weighted by Crippen LogP contribution is -3.12. The third-order valence-corrected chi connectivity index (χ3v) is 19.8. The quantitative estimate of drug-likeness (QED) is 0.199. The summed E-state index contributed by atoms with van der Waals surface area (Å²) >= 11 is 0. The van der Waals surface area contributed by atoms with Gasteiger partial charge in [0.25, 0.3) is 0 Å². The SMILES string of the molecule is CNCCC1(C)C(=O)CCC2(C)C1CCC1(C)C2C(O)C2C[NH+]3C=C(Cc4cc(C)cc(C5CCOCC5)c4)C4=NC=C(CCC(C)(CC(O)C5OC5(C)C)C5=C2C1(C)CC5=O)C43. The highest BCUT2D eigenvalue weighted by molar-refractivity contribution is 6.08. The number of rotatable bonds is 9. The number of aliphatic imine (C=N–C) groups is 1. The second-order valence-electron chi connectivity index (χ2n) is 23.9. The molecule has 4 N–H and O–H groups in total. The fourth-order valence-electron chi connectivity index (χ4n) is 16.5. The van der Waals surface area contributed by atoms with Crippen LogP contribution in [-0.2, 0) is 25.5 Å². The fraction of sp³-hybridized carbons (Fsp3) is 0.722. The van der Waals surface area contributed by atoms with E-state index in [1.165, 1.54) is 38.3 Å². The van der Waals surface area contributed by atoms with Crippen molar-refractivity contribution in [2.24, 2.45) is 49.8 Å². The number of nitrogens with zero attached hydrogens (tertiary/aromatic N) is 1. The number of epoxide rings is 1. The Morgan fingerprint density at radius 3 is 2.44 bits per heavy atom. The lowest BCUT2D eigenvalue weighted by molar-refractivity contribution is -0.857. The van der Waals surface area contributed by atoms with Crippen molar-refractivity contribution < 1.29 is 34.2 Å². The number of aliphatic hydroxyl groups excluding tert-OH is 2. The van der Waals surface area contributed by atoms with Gasteiger partial charge in [0.1, 0.15) is 23.8 Å². The van der Waals surface area contributed by atoms with E-state index in [1.54, 1.807) is 0 Å². The number of quaternary nitrogens is 1. The van der Waals surface area contributed by atoms with Gasteiger partial charge in [-0.1, -0.05) is 58.4 Å². The highest BCUT2D eigenvalue weighted by Crippen LogP contribution is 2.75. The maximum absolute atomic E-state index is 15.3. The van der Waals surface area contributed by atoms with Gasteiger partial charge in [0.2, 0.25) is 0 Å². The first-order valence-corrected chi connectivity index (χ1v) is 24.8. The van der Waals surface area contributed by atoms with Gasteiger partial charge in [-0.05, 0) is 143 Å². The van der Waals surface area contributed by atoms with Gasteiger partial charge in [0.05, 0.1) is 30.3 Å². The maximum atomic E-state index is 15.3. The van der Waals surface area contributed by atoms with Crippen LogP contribution >= 0.6 is 0 Å². The molecule has 342 valence electrons. The number of carbonyl (C=O) groups excluding carboxylic acids is 2. The van der Waals surface area contributed by atoms with E-state index < -0.39 is 34.1 Å². The van der Waals surface area contributed by atoms with Crippen molar-refractivity contribution >= 4 is 17.3 Å². The Kier molecular flexibility index (Phi) is 10.6. The standard InChI is InChI=1S/C54H75N3O6/c1-31-22-32(24-35(23-31)33-13-20-62-21-14-33)25-36-29-57-30-37-42-43(50(4,26-39(59)48-49(2,3)63-48)15-10-34-28-56-44(36)45(34)57)38(58)27-54(42,8)53(7)17-11-40-51(5,18-19-55-9)41(60)12-16-52(40,6)47(53)46(37)61/h22-24,28-29,33,37,39-40,45-48,55,59,61H,10-21,25-27,30H2,1-9H3/p+1. The first kappa shape index (κ1) is 44.1. The molecule has 10 rings (SSSR count). The maximum Gasteiger partial charge on any atom is 0.160 e. The average molecular weight is 863 g/mol. The van der Waals surface area contributed by atoms with Crippen LogP contribution in [0, 0.1) is 51.8 Å². The topological polar surface area (TPSA) is 125 Å². The number of hydrogen-bond acceptors (Lipinski definition) is 8. The van der Waals surface area contributed by atoms with Crippen LogP contribution in [0.1, 0.15) is 142 Å². The van der Waals surface area contributed by atoms with Gasteiger partial charge in [-0.2, -0.15) is 0 Å². The first-order valence-electron chi connectivity index (χ1n) is 24.8. The molecule has 5 aliphatic heterocycles. The van der Waals surface area contributed by atoms with Gasteiger partial charge >= 0.3 is 0 Å². The Labute approximate surface area is 376 Å². The minimum atomic E-state index is -0.716. The molecule has 13 unspecified atom stereocenters. The summed E-state index contributed by atoms with van der Waals surface area (Å²) < 4.78 is 11.8. The van der Waals surface area contributed by atoms with Gasteiger partial charge in [0, 0.05) is 66.2 Å². The molecule has 4 aliphatic carbocycles. The summed E-state index contributed by atoms with van der Waals surface area (Å²) in [5.41, 5.74) is 7.15. The molecule has 63 heavy (non-hydrogen) atoms. The summed E-state index contributed by atoms with van der Waals surface area (Å²) in [5.74, 6) is 0.864. The zero-order valence-corrected chi connectivity index (χ0v) is 39.8. The molecule has 1 aromatic carbocycles. The molecule has 0 aromatic heterocycles. The van der Waals surface area contributed by atoms with E-state index in [0.717, 1.165) is 82.4 Å². The molecule has 0 radical (unpaired) electrons. The molecule has 0 amide bonds. The van der Waals surface area contributed by atoms with E-state index in [1.807, 2.05) is 20.9 Å². The fourth-order valence-corrected chi connectivity index (χ4v) is 16.5. The molecule has 5 heterocycles. The Bertz CT molecular complexity index is 2220. The summed E-state index contributed by atoms with van der Waals surface area (Å²) in [6.45, 7) is 21.0. The van der Waals surface area contributed by atoms with Crippen LogP contribution in [0.5, 0.6) is 0 Å². The number of aryl methyl sites for hydroxylation is 1. The number of allylic oxidation sites excluding steroid dienone is 1. The van der Waals surface area contributed by atoms with Crippen LogP contribution in [0.4, 0.5) is 0 Å². The molecule has 0 spiro atoms. The number of ether oxygens (including phenoxy) is 2. The number of ketones is 2. The second kappa shape index (κ2) is 15.1. The molecule has 0 bridgehead atoms. The molecule has 5 fully saturated rings. The van der Waals surface area contributed by atoms with Crippen LogP contribution in [0.25, 0.3) is 0 Å². The second-order valence-corrected chi connectivity index (χ2v) is 23.9. The van der Waals surface area contributed by atoms with E-state index in [2.05, 4.69) is 77.5 Å². The number of benzene rings is 1. The van der Waals surface area contributed by atoms with Crippen LogP contribution in [0.3, 0.4) is 0 Å². The largest absolute Gasteiger partial charge is 0.392 e. The molecular weight excluding hydrogens is 787 g/mol. The Morgan fingerprint density at radius 2 is 1.73 bits per heavy atom. The first-order chi connectivity index (χ1) is 29.8. The lowest BCUT2D eigenvalue weighted by Gasteiger charge is -2.70. The smallest absolute Gasteiger partial charge is 0.160 e. The van der Waals surface area contributed by atoms with Crippen molar-refractivity contribution in [2.75, 3.05) is 33.4 Å². The van der Waals surface area contributed by atoms with Crippen molar-refractivity contribution in [2.45, 2.75) is 168 Å². The summed E-state index contributed by atoms with van der Waals surface area (Å²) in [5, 5.41) is 29.0. The molecule has 1 aromatic rings. The Morgan fingerprint density at radius 1 is 0.984 bits per heavy atom. The molecule has 13 atom stereocenters. The lowest BCUT2D eigenvalue weighted by atomic mass is 9.34. The normalized spacial score (nSPS) is 43.3. The summed E-state index contributed by atoms with van der Waals surface area (Å²) in [7, 11) is 1.97. The van der Waals surface area contributed by atoms with Crippen molar-refractivity contribution in [3.8, 4) is 0 Å². The third kappa shape index (κ3) is 6.61. The molecule has 9 heteroatoms. The summed E-state index contributed by atoms with van der Waals surface area (Å²) in [6.07, 6.45) is 12.0. The van der Waals surface area contributed by atoms with E-state index >= 15 is 4.79 Å². The van der Waals surface area contributed by atoms with Crippen LogP contribution in [0.2, 0.25) is 0 Å². The third-order valence-electron chi connectivity index (χ3n) is 19.8. The number of hydrogen-bond donors (Lipinski definition) is 4. The zero-order valence-electron chi connectivity index (χ0n) is 39.8. The van der Waals surface area contributed by atoms with Gasteiger partial charge in [-0.15, -0.1) is 0 Å². The van der Waals surface area contributed by atoms with E-state index in [9.17, 15) is 15.0 Å². The number of aliphatic hydroxyl groups is 2. The predicted octanol–water partition coefficient (Wildman–Crippen LogP) is 6.93. The molecule has 9 aliphatic rings. The van der Waals surface area contributed by atoms with E-state index in [0.29, 0.717) is 43.9 Å². The molecular formula is C54H76N3O6+. The van der Waals surface area contributed by atoms with Crippen LogP contribution in [-0.4, -0.2) is 90.8 Å². The van der Waals surface area contributed by atoms with Crippen molar-refractivity contribution in [1.82, 2.24) is 5.32 Å². The van der Waals surface area contributed by atoms with E-state index in [-0.39, 0.29) is 46.5 Å². The summed E-state index contributed by atoms with van der Waals surface area (Å²) in [6, 6.07) is 7.18. The number of Topliss-reactive ketones (excluding diaryl/α,β-unsaturated/α-hetero) is 2. The number of carbonyl (C=O) groups is 2. The predicted molar refractivity (Wildman–Crippen MR) is 245 cm³/mol. The van der Waals surface area contributed by atoms with Crippen molar-refractivity contribution in [1.29, 1.82) is 0 Å². The highest BCUT2D eigenvalue weighted by atomic mass is 16.6. The van der Waals surface area contributed by atoms with Crippen LogP contribution in [0.15, 0.2) is 57.9 Å². The van der Waals surface area contributed by atoms with Gasteiger partial charge in [-0.3, -0.25) is 19.5 Å². The summed E-state index contributed by atoms with van der Waals surface area (Å²) in [4.78, 5) is 36.0. The van der Waals surface area contributed by atoms with Crippen LogP contribution < -0.4 is 10.2 Å². The van der Waals surface area contributed by atoms with Crippen molar-refractivity contribution in [3.63, 3.8) is 0 Å². The minimum Gasteiger partial charge on any atom is -0.392 e. The van der Waals surface area contributed by atoms with Gasteiger partial charge < -0.3 is 25.0 Å². The number of nitrogens with one attached hydrogen (secondary N) is 2. The van der Waals surface area contributed by atoms with E-state index in [4.69, 9.17) is 14.5 Å². The molecule has 2 saturated heterocycles. The Balaban J connectivity index is 1.09.